The van der Waals surface area contributed by atoms with Crippen LogP contribution in [0.4, 0.5) is 0 Å². The van der Waals surface area contributed by atoms with Gasteiger partial charge in [-0.25, -0.2) is 0 Å². The number of carbonyl (C=O) groups excluding carboxylic acids is 2. The van der Waals surface area contributed by atoms with Crippen LogP contribution in [0.3, 0.4) is 0 Å². The quantitative estimate of drug-likeness (QED) is 0.524. The van der Waals surface area contributed by atoms with Crippen LogP contribution >= 0.6 is 23.8 Å². The van der Waals surface area contributed by atoms with E-state index in [1.807, 2.05) is 13.8 Å². The van der Waals surface area contributed by atoms with Crippen molar-refractivity contribution in [3.05, 3.63) is 64.7 Å². The summed E-state index contributed by atoms with van der Waals surface area (Å²) in [6, 6.07) is 13.1. The van der Waals surface area contributed by atoms with Crippen LogP contribution in [0.15, 0.2) is 48.5 Å². The highest BCUT2D eigenvalue weighted by Crippen LogP contribution is 2.15. The lowest BCUT2D eigenvalue weighted by Gasteiger charge is -2.13. The fourth-order valence-corrected chi connectivity index (χ4v) is 2.26. The van der Waals surface area contributed by atoms with E-state index < -0.39 is 11.8 Å². The van der Waals surface area contributed by atoms with Crippen molar-refractivity contribution in [1.82, 2.24) is 16.2 Å². The van der Waals surface area contributed by atoms with E-state index in [9.17, 15) is 9.59 Å². The Morgan fingerprint density at radius 1 is 1.00 bits per heavy atom. The van der Waals surface area contributed by atoms with E-state index in [1.54, 1.807) is 48.5 Å². The molecule has 0 heterocycles. The molecule has 0 radical (unpaired) electrons. The van der Waals surface area contributed by atoms with Crippen molar-refractivity contribution in [1.29, 1.82) is 0 Å². The molecule has 1 atom stereocenters. The molecular formula is C19H20ClN3O3S. The molecule has 0 aliphatic heterocycles. The number of thiocarbonyl (C=S) groups is 1. The molecule has 0 fully saturated rings. The maximum absolute atomic E-state index is 12.2. The van der Waals surface area contributed by atoms with Crippen LogP contribution in [0.2, 0.25) is 5.02 Å². The van der Waals surface area contributed by atoms with Gasteiger partial charge in [0.25, 0.3) is 11.8 Å². The largest absolute Gasteiger partial charge is 0.491 e. The van der Waals surface area contributed by atoms with Gasteiger partial charge in [0.2, 0.25) is 0 Å². The second-order valence-corrected chi connectivity index (χ2v) is 6.58. The van der Waals surface area contributed by atoms with E-state index in [2.05, 4.69) is 16.2 Å². The Hall–Kier alpha value is -2.64. The summed E-state index contributed by atoms with van der Waals surface area (Å²) in [6.45, 7) is 4.01. The van der Waals surface area contributed by atoms with Gasteiger partial charge in [-0.1, -0.05) is 18.5 Å². The number of benzene rings is 2. The average molecular weight is 406 g/mol. The zero-order valence-electron chi connectivity index (χ0n) is 14.9. The second-order valence-electron chi connectivity index (χ2n) is 5.73. The molecule has 0 saturated carbocycles. The van der Waals surface area contributed by atoms with Crippen molar-refractivity contribution in [3.63, 3.8) is 0 Å². The van der Waals surface area contributed by atoms with E-state index >= 15 is 0 Å². The fourth-order valence-electron chi connectivity index (χ4n) is 1.99. The van der Waals surface area contributed by atoms with Crippen LogP contribution in [0.5, 0.6) is 5.75 Å². The highest BCUT2D eigenvalue weighted by atomic mass is 35.5. The van der Waals surface area contributed by atoms with Gasteiger partial charge < -0.3 is 4.74 Å². The summed E-state index contributed by atoms with van der Waals surface area (Å²) >= 11 is 10.8. The molecule has 0 aromatic heterocycles. The van der Waals surface area contributed by atoms with Gasteiger partial charge in [0.05, 0.1) is 6.10 Å². The normalized spacial score (nSPS) is 11.2. The summed E-state index contributed by atoms with van der Waals surface area (Å²) in [6.07, 6.45) is 0.995. The van der Waals surface area contributed by atoms with Crippen molar-refractivity contribution < 1.29 is 14.3 Å². The highest BCUT2D eigenvalue weighted by Gasteiger charge is 2.10. The summed E-state index contributed by atoms with van der Waals surface area (Å²) in [5, 5.41) is 2.99. The first kappa shape index (κ1) is 20.7. The van der Waals surface area contributed by atoms with Crippen molar-refractivity contribution in [2.75, 3.05) is 0 Å². The summed E-state index contributed by atoms with van der Waals surface area (Å²) in [5.41, 5.74) is 5.70. The topological polar surface area (TPSA) is 79.5 Å². The summed E-state index contributed by atoms with van der Waals surface area (Å²) in [7, 11) is 0. The van der Waals surface area contributed by atoms with Gasteiger partial charge >= 0.3 is 0 Å². The van der Waals surface area contributed by atoms with Crippen molar-refractivity contribution >= 4 is 40.7 Å². The average Bonchev–Trinajstić information content (AvgIpc) is 2.67. The van der Waals surface area contributed by atoms with Gasteiger partial charge in [0.1, 0.15) is 5.75 Å². The number of nitrogens with one attached hydrogen (secondary N) is 3. The fraction of sp³-hybridized carbons (Fsp3) is 0.211. The third kappa shape index (κ3) is 6.54. The summed E-state index contributed by atoms with van der Waals surface area (Å²) in [4.78, 5) is 24.2. The Morgan fingerprint density at radius 3 is 2.15 bits per heavy atom. The van der Waals surface area contributed by atoms with Crippen LogP contribution in [0.25, 0.3) is 0 Å². The Labute approximate surface area is 168 Å². The first-order chi connectivity index (χ1) is 12.9. The minimum Gasteiger partial charge on any atom is -0.491 e. The molecule has 2 aromatic rings. The van der Waals surface area contributed by atoms with Gasteiger partial charge in [-0.2, -0.15) is 0 Å². The molecule has 0 spiro atoms. The van der Waals surface area contributed by atoms with Gasteiger partial charge in [-0.3, -0.25) is 25.8 Å². The molecular weight excluding hydrogens is 386 g/mol. The van der Waals surface area contributed by atoms with Crippen LogP contribution in [0, 0.1) is 0 Å². The minimum atomic E-state index is -0.408. The van der Waals surface area contributed by atoms with Gasteiger partial charge in [-0.15, -0.1) is 0 Å². The molecule has 0 aliphatic carbocycles. The number of ether oxygens (including phenoxy) is 1. The second kappa shape index (κ2) is 9.89. The molecule has 2 rings (SSSR count). The van der Waals surface area contributed by atoms with E-state index in [1.165, 1.54) is 0 Å². The highest BCUT2D eigenvalue weighted by molar-refractivity contribution is 7.80. The number of amides is 2. The number of hydrazine groups is 1. The van der Waals surface area contributed by atoms with E-state index in [4.69, 9.17) is 28.6 Å². The van der Waals surface area contributed by atoms with E-state index in [0.717, 1.165) is 6.42 Å². The smallest absolute Gasteiger partial charge is 0.269 e. The standard InChI is InChI=1S/C19H20ClN3O3S/c1-3-12(2)26-16-10-6-13(7-11-16)17(24)21-19(27)23-22-18(25)14-4-8-15(20)9-5-14/h4-12H,3H2,1-2H3,(H,22,25)(H2,21,23,24,27)/t12-/m1/s1. The summed E-state index contributed by atoms with van der Waals surface area (Å²) < 4.78 is 5.67. The van der Waals surface area contributed by atoms with E-state index in [0.29, 0.717) is 21.9 Å². The van der Waals surface area contributed by atoms with Crippen LogP contribution in [0.1, 0.15) is 41.0 Å². The van der Waals surface area contributed by atoms with Gasteiger partial charge in [0.15, 0.2) is 5.11 Å². The number of hydrogen-bond acceptors (Lipinski definition) is 4. The number of rotatable bonds is 5. The third-order valence-corrected chi connectivity index (χ3v) is 4.11. The molecule has 27 heavy (non-hydrogen) atoms. The van der Waals surface area contributed by atoms with Crippen molar-refractivity contribution in [3.8, 4) is 5.75 Å². The zero-order chi connectivity index (χ0) is 19.8. The molecule has 0 aliphatic rings. The molecule has 2 aromatic carbocycles. The predicted molar refractivity (Wildman–Crippen MR) is 109 cm³/mol. The van der Waals surface area contributed by atoms with Crippen LogP contribution < -0.4 is 20.9 Å². The first-order valence-corrected chi connectivity index (χ1v) is 9.11. The van der Waals surface area contributed by atoms with Crippen LogP contribution in [-0.4, -0.2) is 23.0 Å². The van der Waals surface area contributed by atoms with Gasteiger partial charge in [0, 0.05) is 16.1 Å². The first-order valence-electron chi connectivity index (χ1n) is 8.33. The molecule has 0 bridgehead atoms. The van der Waals surface area contributed by atoms with Gasteiger partial charge in [-0.05, 0) is 74.1 Å². The Morgan fingerprint density at radius 2 is 1.56 bits per heavy atom. The zero-order valence-corrected chi connectivity index (χ0v) is 16.5. The maximum Gasteiger partial charge on any atom is 0.269 e. The lowest BCUT2D eigenvalue weighted by molar-refractivity contribution is 0.0934. The van der Waals surface area contributed by atoms with Crippen molar-refractivity contribution in [2.45, 2.75) is 26.4 Å². The Balaban J connectivity index is 1.83. The SMILES string of the molecule is CC[C@@H](C)Oc1ccc(C(=O)NC(=S)NNC(=O)c2ccc(Cl)cc2)cc1. The lowest BCUT2D eigenvalue weighted by Crippen LogP contribution is -2.48. The summed E-state index contributed by atoms with van der Waals surface area (Å²) in [5.74, 6) is -0.116. The number of halogens is 1. The third-order valence-electron chi connectivity index (χ3n) is 3.65. The monoisotopic (exact) mass is 405 g/mol. The molecule has 142 valence electrons. The minimum absolute atomic E-state index is 0.0257. The Kier molecular flexibility index (Phi) is 7.57. The van der Waals surface area contributed by atoms with E-state index in [-0.39, 0.29) is 11.2 Å². The molecule has 2 amide bonds. The lowest BCUT2D eigenvalue weighted by atomic mass is 10.2. The van der Waals surface area contributed by atoms with Crippen LogP contribution in [-0.2, 0) is 0 Å². The number of carbonyl (C=O) groups is 2. The molecule has 3 N–H and O–H groups in total. The maximum atomic E-state index is 12.2. The molecule has 0 saturated heterocycles. The molecule has 0 unspecified atom stereocenters. The van der Waals surface area contributed by atoms with Crippen molar-refractivity contribution in [2.24, 2.45) is 0 Å². The predicted octanol–water partition coefficient (Wildman–Crippen LogP) is 3.47. The number of hydrogen-bond donors (Lipinski definition) is 3. The Bertz CT molecular complexity index is 810. The molecule has 6 nitrogen and oxygen atoms in total. The molecule has 8 heteroatoms.